The minimum absolute atomic E-state index is 0.0809. The Morgan fingerprint density at radius 3 is 2.67 bits per heavy atom. The normalized spacial score (nSPS) is 28.2. The van der Waals surface area contributed by atoms with Gasteiger partial charge in [0, 0.05) is 19.0 Å². The highest BCUT2D eigenvalue weighted by Gasteiger charge is 2.49. The first kappa shape index (κ1) is 19.8. The number of urea groups is 1. The number of hydroxylamine groups is 2. The molecule has 3 aliphatic heterocycles. The number of hydrogen-bond acceptors (Lipinski definition) is 7. The number of hydrogen-bond donors (Lipinski definition) is 4. The molecule has 12 nitrogen and oxygen atoms in total. The highest BCUT2D eigenvalue weighted by molar-refractivity contribution is 7.80. The minimum atomic E-state index is -4.84. The molecule has 3 rings (SSSR count). The molecule has 4 amide bonds. The fourth-order valence-corrected chi connectivity index (χ4v) is 4.08. The van der Waals surface area contributed by atoms with Crippen LogP contribution < -0.4 is 16.2 Å². The van der Waals surface area contributed by atoms with E-state index >= 15 is 0 Å². The van der Waals surface area contributed by atoms with Crippen LogP contribution in [-0.2, 0) is 24.3 Å². The maximum absolute atomic E-state index is 12.4. The third-order valence-electron chi connectivity index (χ3n) is 4.97. The average Bonchev–Trinajstić information content (AvgIpc) is 2.84. The first-order chi connectivity index (χ1) is 12.7. The van der Waals surface area contributed by atoms with Crippen molar-refractivity contribution in [2.45, 2.75) is 56.7 Å². The molecule has 0 saturated carbocycles. The molecule has 0 spiro atoms. The smallest absolute Gasteiger partial charge is 0.313 e. The van der Waals surface area contributed by atoms with E-state index in [-0.39, 0.29) is 31.3 Å². The van der Waals surface area contributed by atoms with E-state index in [1.54, 1.807) is 0 Å². The quantitative estimate of drug-likeness (QED) is 0.324. The van der Waals surface area contributed by atoms with Crippen LogP contribution in [0.1, 0.15) is 38.5 Å². The van der Waals surface area contributed by atoms with E-state index in [2.05, 4.69) is 20.5 Å². The zero-order valence-corrected chi connectivity index (χ0v) is 15.4. The van der Waals surface area contributed by atoms with Crippen LogP contribution in [0.25, 0.3) is 0 Å². The van der Waals surface area contributed by atoms with Gasteiger partial charge in [0.15, 0.2) is 0 Å². The number of hydrazine groups is 1. The fourth-order valence-electron chi connectivity index (χ4n) is 3.69. The second-order valence-electron chi connectivity index (χ2n) is 6.90. The molecule has 27 heavy (non-hydrogen) atoms. The molecule has 0 aliphatic carbocycles. The zero-order chi connectivity index (χ0) is 19.6. The van der Waals surface area contributed by atoms with Gasteiger partial charge in [-0.15, -0.1) is 4.28 Å². The van der Waals surface area contributed by atoms with E-state index in [4.69, 9.17) is 4.55 Å². The van der Waals surface area contributed by atoms with Gasteiger partial charge >= 0.3 is 16.4 Å². The Labute approximate surface area is 156 Å². The molecule has 2 bridgehead atoms. The van der Waals surface area contributed by atoms with Gasteiger partial charge in [0.2, 0.25) is 5.91 Å². The summed E-state index contributed by atoms with van der Waals surface area (Å²) in [5.41, 5.74) is 4.67. The molecule has 0 unspecified atom stereocenters. The summed E-state index contributed by atoms with van der Waals surface area (Å²) in [6.45, 7) is 0.957. The van der Waals surface area contributed by atoms with Gasteiger partial charge in [-0.3, -0.25) is 25.0 Å². The summed E-state index contributed by atoms with van der Waals surface area (Å²) in [7, 11) is -4.84. The van der Waals surface area contributed by atoms with Gasteiger partial charge in [0.25, 0.3) is 5.91 Å². The van der Waals surface area contributed by atoms with Gasteiger partial charge in [0.05, 0.1) is 6.04 Å². The monoisotopic (exact) mass is 405 g/mol. The molecule has 0 aromatic carbocycles. The molecule has 152 valence electrons. The van der Waals surface area contributed by atoms with Crippen molar-refractivity contribution >= 4 is 28.2 Å². The van der Waals surface area contributed by atoms with Crippen molar-refractivity contribution < 1.29 is 31.6 Å². The molecule has 3 fully saturated rings. The van der Waals surface area contributed by atoms with Crippen LogP contribution in [0.3, 0.4) is 0 Å². The Hall–Kier alpha value is -1.96. The van der Waals surface area contributed by atoms with Gasteiger partial charge in [-0.05, 0) is 32.2 Å². The van der Waals surface area contributed by atoms with E-state index in [1.807, 2.05) is 0 Å². The highest BCUT2D eigenvalue weighted by Crippen LogP contribution is 2.30. The number of amides is 4. The Balaban J connectivity index is 1.50. The van der Waals surface area contributed by atoms with Crippen LogP contribution in [0, 0.1) is 0 Å². The Morgan fingerprint density at radius 1 is 1.22 bits per heavy atom. The molecule has 0 aromatic heterocycles. The van der Waals surface area contributed by atoms with Crippen LogP contribution >= 0.6 is 0 Å². The SMILES string of the molecule is O=C(C[C@H]1CCCCN1)NNC(=O)[C@@H]1CC[C@@H]2CN1C(=O)N2OS(=O)(=O)O. The van der Waals surface area contributed by atoms with E-state index < -0.39 is 34.4 Å². The zero-order valence-electron chi connectivity index (χ0n) is 14.6. The summed E-state index contributed by atoms with van der Waals surface area (Å²) in [5.74, 6) is -0.902. The van der Waals surface area contributed by atoms with Crippen molar-refractivity contribution in [2.75, 3.05) is 13.1 Å². The predicted molar refractivity (Wildman–Crippen MR) is 89.9 cm³/mol. The lowest BCUT2D eigenvalue weighted by Crippen LogP contribution is -2.54. The minimum Gasteiger partial charge on any atom is -0.313 e. The van der Waals surface area contributed by atoms with E-state index in [1.165, 1.54) is 0 Å². The number of nitrogens with one attached hydrogen (secondary N) is 3. The number of carbonyl (C=O) groups is 3. The topological polar surface area (TPSA) is 157 Å². The van der Waals surface area contributed by atoms with Gasteiger partial charge in [-0.2, -0.15) is 13.5 Å². The average molecular weight is 405 g/mol. The number of fused-ring (bicyclic) bond motifs is 2. The molecule has 4 N–H and O–H groups in total. The summed E-state index contributed by atoms with van der Waals surface area (Å²) < 4.78 is 34.8. The van der Waals surface area contributed by atoms with Crippen LogP contribution in [0.4, 0.5) is 4.79 Å². The Morgan fingerprint density at radius 2 is 2.00 bits per heavy atom. The molecule has 0 radical (unpaired) electrons. The van der Waals surface area contributed by atoms with Crippen molar-refractivity contribution in [1.82, 2.24) is 26.1 Å². The van der Waals surface area contributed by atoms with Crippen LogP contribution in [0.5, 0.6) is 0 Å². The summed E-state index contributed by atoms with van der Waals surface area (Å²) in [4.78, 5) is 37.7. The maximum Gasteiger partial charge on any atom is 0.418 e. The van der Waals surface area contributed by atoms with E-state index in [9.17, 15) is 22.8 Å². The fraction of sp³-hybridized carbons (Fsp3) is 0.786. The van der Waals surface area contributed by atoms with Crippen molar-refractivity contribution in [1.29, 1.82) is 0 Å². The number of nitrogens with zero attached hydrogens (tertiary/aromatic N) is 2. The molecule has 3 saturated heterocycles. The van der Waals surface area contributed by atoms with E-state index in [0.29, 0.717) is 11.5 Å². The summed E-state index contributed by atoms with van der Waals surface area (Å²) in [6.07, 6.45) is 3.87. The van der Waals surface area contributed by atoms with Crippen molar-refractivity contribution in [3.8, 4) is 0 Å². The largest absolute Gasteiger partial charge is 0.418 e. The second kappa shape index (κ2) is 7.96. The molecular formula is C14H23N5O7S. The predicted octanol–water partition coefficient (Wildman–Crippen LogP) is -1.33. The standard InChI is InChI=1S/C14H23N5O7S/c20-12(7-9-3-1-2-6-15-9)16-17-13(21)11-5-4-10-8-18(11)14(22)19(10)26-27(23,24)25/h9-11,15H,1-8H2,(H,16,20)(H,17,21)(H,23,24,25)/t9-,10-,11+/m1/s1. The number of rotatable bonds is 5. The molecule has 3 aliphatic rings. The van der Waals surface area contributed by atoms with Gasteiger partial charge in [0.1, 0.15) is 6.04 Å². The van der Waals surface area contributed by atoms with E-state index in [0.717, 1.165) is 30.7 Å². The second-order valence-corrected chi connectivity index (χ2v) is 7.90. The first-order valence-electron chi connectivity index (χ1n) is 8.83. The Kier molecular flexibility index (Phi) is 5.83. The summed E-state index contributed by atoms with van der Waals surface area (Å²) in [6, 6.07) is -2.18. The molecular weight excluding hydrogens is 382 g/mol. The lowest BCUT2D eigenvalue weighted by atomic mass is 10.0. The van der Waals surface area contributed by atoms with Gasteiger partial charge in [-0.25, -0.2) is 4.79 Å². The third kappa shape index (κ3) is 4.86. The molecule has 3 atom stereocenters. The van der Waals surface area contributed by atoms with Crippen molar-refractivity contribution in [3.63, 3.8) is 0 Å². The third-order valence-corrected chi connectivity index (χ3v) is 5.32. The number of carbonyl (C=O) groups excluding carboxylic acids is 3. The van der Waals surface area contributed by atoms with Crippen molar-refractivity contribution in [2.24, 2.45) is 0 Å². The Bertz CT molecular complexity index is 709. The van der Waals surface area contributed by atoms with Crippen LogP contribution in [-0.4, -0.2) is 72.0 Å². The molecule has 3 heterocycles. The molecule has 0 aromatic rings. The highest BCUT2D eigenvalue weighted by atomic mass is 32.3. The van der Waals surface area contributed by atoms with Crippen LogP contribution in [0.15, 0.2) is 0 Å². The molecule has 13 heteroatoms. The van der Waals surface area contributed by atoms with Crippen molar-refractivity contribution in [3.05, 3.63) is 0 Å². The van der Waals surface area contributed by atoms with Crippen LogP contribution in [0.2, 0.25) is 0 Å². The first-order valence-corrected chi connectivity index (χ1v) is 10.2. The number of piperidine rings is 2. The van der Waals surface area contributed by atoms with Gasteiger partial charge < -0.3 is 10.2 Å². The summed E-state index contributed by atoms with van der Waals surface area (Å²) in [5, 5.41) is 3.80. The lowest BCUT2D eigenvalue weighted by Gasteiger charge is -2.29. The van der Waals surface area contributed by atoms with Gasteiger partial charge in [-0.1, -0.05) is 6.42 Å². The maximum atomic E-state index is 12.4. The summed E-state index contributed by atoms with van der Waals surface area (Å²) >= 11 is 0. The lowest BCUT2D eigenvalue weighted by molar-refractivity contribution is -0.132.